The fourth-order valence-electron chi connectivity index (χ4n) is 2.23. The van der Waals surface area contributed by atoms with Gasteiger partial charge in [-0.2, -0.15) is 0 Å². The molecule has 1 saturated carbocycles. The molecule has 1 aliphatic heterocycles. The van der Waals surface area contributed by atoms with Crippen LogP contribution in [0.4, 0.5) is 4.79 Å². The van der Waals surface area contributed by atoms with E-state index in [1.165, 1.54) is 19.3 Å². The molecule has 12 heavy (non-hydrogen) atoms. The van der Waals surface area contributed by atoms with Crippen molar-refractivity contribution in [3.05, 3.63) is 0 Å². The fraction of sp³-hybridized carbons (Fsp3) is 0.889. The second kappa shape index (κ2) is 2.95. The largest absolute Gasteiger partial charge is 0.333 e. The summed E-state index contributed by atoms with van der Waals surface area (Å²) in [7, 11) is 1.94. The third kappa shape index (κ3) is 1.24. The monoisotopic (exact) mass is 185 g/mol. The van der Waals surface area contributed by atoms with Crippen LogP contribution in [0.25, 0.3) is 0 Å². The van der Waals surface area contributed by atoms with Crippen molar-refractivity contribution in [1.82, 2.24) is 4.90 Å². The van der Waals surface area contributed by atoms with Crippen molar-refractivity contribution in [1.29, 1.82) is 0 Å². The molecule has 0 aromatic heterocycles. The Morgan fingerprint density at radius 1 is 1.50 bits per heavy atom. The summed E-state index contributed by atoms with van der Waals surface area (Å²) in [6.07, 6.45) is 3.73. The van der Waals surface area contributed by atoms with E-state index in [-0.39, 0.29) is 5.24 Å². The van der Waals surface area contributed by atoms with Gasteiger partial charge in [-0.15, -0.1) is 0 Å². The number of amides is 1. The molecule has 2 fully saturated rings. The van der Waals surface area contributed by atoms with Crippen LogP contribution in [0.1, 0.15) is 26.2 Å². The number of carbonyl (C=O) groups excluding carboxylic acids is 1. The summed E-state index contributed by atoms with van der Waals surface area (Å²) in [5.41, 5.74) is 0. The highest BCUT2D eigenvalue weighted by molar-refractivity contribution is 8.14. The molecule has 1 amide bonds. The molecule has 2 nitrogen and oxygen atoms in total. The first kappa shape index (κ1) is 8.42. The lowest BCUT2D eigenvalue weighted by molar-refractivity contribution is 0.199. The number of thioether (sulfide) groups is 1. The molecular formula is C9H15NOS. The van der Waals surface area contributed by atoms with Crippen LogP contribution in [0, 0.1) is 5.92 Å². The smallest absolute Gasteiger partial charge is 0.282 e. The molecule has 0 aromatic carbocycles. The first-order valence-corrected chi connectivity index (χ1v) is 5.50. The molecule has 3 unspecified atom stereocenters. The third-order valence-electron chi connectivity index (χ3n) is 3.06. The summed E-state index contributed by atoms with van der Waals surface area (Å²) < 4.78 is 0. The standard InChI is InChI=1S/C9H15NOS/c1-6-3-4-7-8(5-6)12-9(11)10(7)2/h6-8H,3-5H2,1-2H3. The molecule has 3 heteroatoms. The zero-order chi connectivity index (χ0) is 8.72. The van der Waals surface area contributed by atoms with Gasteiger partial charge in [0.15, 0.2) is 0 Å². The lowest BCUT2D eigenvalue weighted by Crippen LogP contribution is -2.37. The molecule has 2 aliphatic rings. The van der Waals surface area contributed by atoms with Crippen molar-refractivity contribution in [2.45, 2.75) is 37.5 Å². The van der Waals surface area contributed by atoms with Gasteiger partial charge in [0.25, 0.3) is 5.24 Å². The molecule has 0 spiro atoms. The van der Waals surface area contributed by atoms with Gasteiger partial charge >= 0.3 is 0 Å². The number of hydrogen-bond acceptors (Lipinski definition) is 2. The SMILES string of the molecule is CC1CCC2C(C1)SC(=O)N2C. The van der Waals surface area contributed by atoms with E-state index < -0.39 is 0 Å². The van der Waals surface area contributed by atoms with Gasteiger partial charge in [-0.3, -0.25) is 4.79 Å². The van der Waals surface area contributed by atoms with Gasteiger partial charge in [-0.25, -0.2) is 0 Å². The zero-order valence-corrected chi connectivity index (χ0v) is 8.43. The highest BCUT2D eigenvalue weighted by atomic mass is 32.2. The highest BCUT2D eigenvalue weighted by Gasteiger charge is 2.41. The Labute approximate surface area is 77.7 Å². The predicted molar refractivity (Wildman–Crippen MR) is 51.3 cm³/mol. The quantitative estimate of drug-likeness (QED) is 0.577. The minimum absolute atomic E-state index is 0.277. The molecule has 3 atom stereocenters. The lowest BCUT2D eigenvalue weighted by atomic mass is 9.86. The van der Waals surface area contributed by atoms with Gasteiger partial charge in [-0.05, 0) is 25.2 Å². The lowest BCUT2D eigenvalue weighted by Gasteiger charge is -2.31. The predicted octanol–water partition coefficient (Wildman–Crippen LogP) is 2.34. The minimum atomic E-state index is 0.277. The average molecular weight is 185 g/mol. The number of fused-ring (bicyclic) bond motifs is 1. The highest BCUT2D eigenvalue weighted by Crippen LogP contribution is 2.41. The topological polar surface area (TPSA) is 20.3 Å². The number of hydrogen-bond donors (Lipinski definition) is 0. The van der Waals surface area contributed by atoms with Gasteiger partial charge in [0.2, 0.25) is 0 Å². The number of nitrogens with zero attached hydrogens (tertiary/aromatic N) is 1. The first-order valence-electron chi connectivity index (χ1n) is 4.62. The number of rotatable bonds is 0. The molecule has 2 rings (SSSR count). The van der Waals surface area contributed by atoms with Crippen LogP contribution in [0.2, 0.25) is 0 Å². The summed E-state index contributed by atoms with van der Waals surface area (Å²) in [5, 5.41) is 0.866. The van der Waals surface area contributed by atoms with Gasteiger partial charge < -0.3 is 4.90 Å². The van der Waals surface area contributed by atoms with E-state index in [2.05, 4.69) is 6.92 Å². The van der Waals surface area contributed by atoms with Crippen LogP contribution in [0.3, 0.4) is 0 Å². The maximum atomic E-state index is 11.3. The van der Waals surface area contributed by atoms with Gasteiger partial charge in [0, 0.05) is 18.3 Å². The Morgan fingerprint density at radius 2 is 2.25 bits per heavy atom. The van der Waals surface area contributed by atoms with E-state index in [4.69, 9.17) is 0 Å². The molecule has 1 heterocycles. The molecule has 0 bridgehead atoms. The van der Waals surface area contributed by atoms with Crippen LogP contribution < -0.4 is 0 Å². The van der Waals surface area contributed by atoms with Crippen LogP contribution >= 0.6 is 11.8 Å². The molecule has 0 aromatic rings. The minimum Gasteiger partial charge on any atom is -0.333 e. The number of carbonyl (C=O) groups is 1. The Hall–Kier alpha value is -0.180. The summed E-state index contributed by atoms with van der Waals surface area (Å²) in [5.74, 6) is 0.818. The third-order valence-corrected chi connectivity index (χ3v) is 4.36. The molecule has 0 N–H and O–H groups in total. The Balaban J connectivity index is 2.09. The Bertz CT molecular complexity index is 207. The molecule has 1 saturated heterocycles. The molecule has 1 aliphatic carbocycles. The van der Waals surface area contributed by atoms with Gasteiger partial charge in [0.05, 0.1) is 0 Å². The zero-order valence-electron chi connectivity index (χ0n) is 7.62. The van der Waals surface area contributed by atoms with E-state index in [0.29, 0.717) is 11.3 Å². The van der Waals surface area contributed by atoms with Crippen LogP contribution in [-0.4, -0.2) is 28.5 Å². The van der Waals surface area contributed by atoms with Gasteiger partial charge in [-0.1, -0.05) is 18.7 Å². The van der Waals surface area contributed by atoms with Crippen molar-refractivity contribution < 1.29 is 4.79 Å². The van der Waals surface area contributed by atoms with Crippen LogP contribution in [0.5, 0.6) is 0 Å². The van der Waals surface area contributed by atoms with E-state index >= 15 is 0 Å². The Kier molecular flexibility index (Phi) is 2.07. The van der Waals surface area contributed by atoms with E-state index in [0.717, 1.165) is 5.92 Å². The summed E-state index contributed by atoms with van der Waals surface area (Å²) >= 11 is 1.55. The second-order valence-electron chi connectivity index (χ2n) is 4.02. The van der Waals surface area contributed by atoms with Crippen LogP contribution in [0.15, 0.2) is 0 Å². The summed E-state index contributed by atoms with van der Waals surface area (Å²) in [6, 6.07) is 0.540. The van der Waals surface area contributed by atoms with Crippen molar-refractivity contribution >= 4 is 17.0 Å². The van der Waals surface area contributed by atoms with Crippen molar-refractivity contribution in [2.24, 2.45) is 5.92 Å². The maximum Gasteiger partial charge on any atom is 0.282 e. The van der Waals surface area contributed by atoms with Crippen molar-refractivity contribution in [2.75, 3.05) is 7.05 Å². The van der Waals surface area contributed by atoms with Crippen molar-refractivity contribution in [3.63, 3.8) is 0 Å². The van der Waals surface area contributed by atoms with E-state index in [9.17, 15) is 4.79 Å². The van der Waals surface area contributed by atoms with E-state index in [1.54, 1.807) is 11.8 Å². The average Bonchev–Trinajstić information content (AvgIpc) is 2.28. The first-order chi connectivity index (χ1) is 5.68. The summed E-state index contributed by atoms with van der Waals surface area (Å²) in [4.78, 5) is 13.3. The molecule has 68 valence electrons. The van der Waals surface area contributed by atoms with Gasteiger partial charge in [0.1, 0.15) is 0 Å². The summed E-state index contributed by atoms with van der Waals surface area (Å²) in [6.45, 7) is 2.29. The molecule has 0 radical (unpaired) electrons. The molecular weight excluding hydrogens is 170 g/mol. The normalized spacial score (nSPS) is 41.7. The van der Waals surface area contributed by atoms with Crippen molar-refractivity contribution in [3.8, 4) is 0 Å². The Morgan fingerprint density at radius 3 is 3.00 bits per heavy atom. The fourth-order valence-corrected chi connectivity index (χ4v) is 3.69. The second-order valence-corrected chi connectivity index (χ2v) is 5.21. The van der Waals surface area contributed by atoms with Crippen LogP contribution in [-0.2, 0) is 0 Å². The van der Waals surface area contributed by atoms with E-state index in [1.807, 2.05) is 11.9 Å². The maximum absolute atomic E-state index is 11.3.